The fourth-order valence-corrected chi connectivity index (χ4v) is 13.0. The van der Waals surface area contributed by atoms with E-state index in [2.05, 4.69) is 24.0 Å². The number of ether oxygens (including phenoxy) is 4. The third-order valence-electron chi connectivity index (χ3n) is 12.9. The molecule has 0 aliphatic carbocycles. The quantitative estimate of drug-likeness (QED) is 0.0255. The molecule has 4 fully saturated rings. The molecule has 4 saturated heterocycles. The highest BCUT2D eigenvalue weighted by Gasteiger charge is 2.55. The van der Waals surface area contributed by atoms with E-state index in [0.29, 0.717) is 13.7 Å². The van der Waals surface area contributed by atoms with Gasteiger partial charge in [0.25, 0.3) is 16.7 Å². The Morgan fingerprint density at radius 3 is 1.10 bits per heavy atom. The number of aliphatic hydroxyl groups is 4. The number of anilines is 1. The van der Waals surface area contributed by atoms with Gasteiger partial charge in [0.15, 0.2) is 36.4 Å². The molecule has 0 saturated carbocycles. The lowest BCUT2D eigenvalue weighted by Crippen LogP contribution is -2.39. The summed E-state index contributed by atoms with van der Waals surface area (Å²) in [5, 5.41) is 45.4. The summed E-state index contributed by atoms with van der Waals surface area (Å²) in [5.74, 6) is -0.195. The number of phosphoric acid groups is 5. The largest absolute Gasteiger partial charge is 0.472 e. The predicted octanol–water partition coefficient (Wildman–Crippen LogP) is -6.81. The monoisotopic (exact) mass is 1350 g/mol. The van der Waals surface area contributed by atoms with Gasteiger partial charge in [-0.25, -0.2) is 52.2 Å². The van der Waals surface area contributed by atoms with Crippen LogP contribution in [0.2, 0.25) is 0 Å². The van der Waals surface area contributed by atoms with E-state index >= 15 is 0 Å². The maximum Gasteiger partial charge on any atom is 0.472 e. The summed E-state index contributed by atoms with van der Waals surface area (Å²) in [7, 11) is -28.3. The summed E-state index contributed by atoms with van der Waals surface area (Å²) >= 11 is 0. The predicted molar refractivity (Wildman–Crippen MR) is 270 cm³/mol. The summed E-state index contributed by atoms with van der Waals surface area (Å²) in [4.78, 5) is 162. The highest BCUT2D eigenvalue weighted by molar-refractivity contribution is 7.48. The minimum atomic E-state index is -5.86. The van der Waals surface area contributed by atoms with E-state index in [1.54, 1.807) is 0 Å². The number of aliphatic hydroxyl groups excluding tert-OH is 4. The smallest absolute Gasteiger partial charge is 0.386 e. The number of hydrogen-bond acceptors (Lipinski definition) is 31. The Balaban J connectivity index is 0.943. The van der Waals surface area contributed by atoms with Gasteiger partial charge >= 0.3 is 56.2 Å². The Kier molecular flexibility index (Phi) is 19.3. The maximum atomic E-state index is 14.0. The molecule has 4 aliphatic rings. The van der Waals surface area contributed by atoms with E-state index in [1.165, 1.54) is 0 Å². The van der Waals surface area contributed by atoms with E-state index in [0.717, 1.165) is 54.0 Å². The molecule has 19 atom stereocenters. The number of nitrogens with two attached hydrogens (primary N) is 1. The second-order valence-corrected chi connectivity index (χ2v) is 25.4. The molecule has 4 aliphatic heterocycles. The number of phosphoric ester groups is 5. The van der Waals surface area contributed by atoms with E-state index in [4.69, 9.17) is 51.8 Å². The molecule has 0 radical (unpaired) electrons. The van der Waals surface area contributed by atoms with Gasteiger partial charge < -0.3 is 79.4 Å². The molecular weight excluding hydrogens is 1300 g/mol. The van der Waals surface area contributed by atoms with Crippen LogP contribution in [0, 0.1) is 0 Å². The van der Waals surface area contributed by atoms with Gasteiger partial charge in [-0.3, -0.25) is 83.8 Å². The number of nitrogen functional groups attached to an aromatic ring is 1. The Morgan fingerprint density at radius 2 is 0.782 bits per heavy atom. The third-order valence-corrected chi connectivity index (χ3v) is 16.9. The van der Waals surface area contributed by atoms with Crippen LogP contribution in [-0.4, -0.2) is 203 Å². The third kappa shape index (κ3) is 15.3. The van der Waals surface area contributed by atoms with Gasteiger partial charge in [0.1, 0.15) is 85.1 Å². The molecule has 50 heteroatoms. The van der Waals surface area contributed by atoms with Crippen molar-refractivity contribution in [3.05, 3.63) is 112 Å². The molecular formula is C37H48N11O34P5. The van der Waals surface area contributed by atoms with Gasteiger partial charge in [0, 0.05) is 36.8 Å². The fourth-order valence-electron chi connectivity index (χ4n) is 9.18. The first-order chi connectivity index (χ1) is 40.6. The van der Waals surface area contributed by atoms with Gasteiger partial charge in [0.05, 0.1) is 32.8 Å². The molecule has 45 nitrogen and oxygen atoms in total. The van der Waals surface area contributed by atoms with Gasteiger partial charge in [-0.15, -0.1) is 0 Å². The molecule has 0 bridgehead atoms. The van der Waals surface area contributed by atoms with E-state index < -0.39 is 197 Å². The van der Waals surface area contributed by atoms with Crippen LogP contribution in [0.5, 0.6) is 0 Å². The number of hydrogen-bond donors (Lipinski definition) is 15. The van der Waals surface area contributed by atoms with Crippen LogP contribution in [0.4, 0.5) is 5.82 Å². The molecule has 9 rings (SSSR count). The summed E-state index contributed by atoms with van der Waals surface area (Å²) in [5.41, 5.74) is -0.798. The van der Waals surface area contributed by atoms with Crippen LogP contribution in [0.3, 0.4) is 0 Å². The molecule has 480 valence electrons. The van der Waals surface area contributed by atoms with Crippen molar-refractivity contribution in [2.75, 3.05) is 32.2 Å². The average Bonchev–Trinajstić information content (AvgIpc) is 1.71. The van der Waals surface area contributed by atoms with Gasteiger partial charge in [-0.2, -0.15) is 0 Å². The number of nitrogens with one attached hydrogen (secondary N) is 3. The SMILES string of the molecule is Nc1ncnc2c1ncn2[C@@H]1O[C@H](COP(=O)(O)O[C@H]2[C@@H](O)[C@H](n3ccc(=O)[nH]c3=O)O[C@@H]2COP(=O)(O)O)[C@@H](OP(=O)(O)OC[C@H]2O[C@@H](n3ccc(=O)[nH]c3=O)[C@H](O)[C@@H]2OP(=O)(O)OC[C@H]2O[C@@H](n3ccc(=O)[nH]c3=O)[C@H](O)[C@@H]2OP(=O)(O)O)[C@H]1O. The number of rotatable bonds is 24. The molecule has 0 amide bonds. The molecule has 5 aromatic rings. The average molecular weight is 1350 g/mol. The van der Waals surface area contributed by atoms with Gasteiger partial charge in [0.2, 0.25) is 0 Å². The lowest BCUT2D eigenvalue weighted by atomic mass is 10.1. The second kappa shape index (κ2) is 25.5. The number of H-pyrrole nitrogens is 3. The number of aromatic amines is 3. The molecule has 0 spiro atoms. The van der Waals surface area contributed by atoms with E-state index in [9.17, 15) is 106 Å². The van der Waals surface area contributed by atoms with Crippen LogP contribution < -0.4 is 39.5 Å². The minimum absolute atomic E-state index is 0.0826. The summed E-state index contributed by atoms with van der Waals surface area (Å²) < 4.78 is 130. The summed E-state index contributed by atoms with van der Waals surface area (Å²) in [6.45, 7) is -5.25. The lowest BCUT2D eigenvalue weighted by Gasteiger charge is -2.27. The van der Waals surface area contributed by atoms with Crippen LogP contribution >= 0.6 is 39.1 Å². The van der Waals surface area contributed by atoms with Gasteiger partial charge in [-0.05, 0) is 0 Å². The van der Waals surface area contributed by atoms with Crippen LogP contribution in [-0.2, 0) is 78.0 Å². The highest BCUT2D eigenvalue weighted by atomic mass is 31.2. The zero-order chi connectivity index (χ0) is 63.5. The maximum absolute atomic E-state index is 14.0. The van der Waals surface area contributed by atoms with Crippen molar-refractivity contribution in [1.82, 2.24) is 48.2 Å². The fraction of sp³-hybridized carbons (Fsp3) is 0.541. The number of nitrogens with zero attached hydrogens (tertiary/aromatic N) is 7. The first-order valence-electron chi connectivity index (χ1n) is 24.2. The Bertz CT molecular complexity index is 3980. The molecule has 16 N–H and O–H groups in total. The minimum Gasteiger partial charge on any atom is -0.386 e. The van der Waals surface area contributed by atoms with Crippen LogP contribution in [0.1, 0.15) is 24.9 Å². The first-order valence-corrected chi connectivity index (χ1v) is 31.8. The molecule has 87 heavy (non-hydrogen) atoms. The molecule has 9 heterocycles. The van der Waals surface area contributed by atoms with Crippen molar-refractivity contribution in [1.29, 1.82) is 0 Å². The second-order valence-electron chi connectivity index (χ2n) is 18.7. The Hall–Kier alpha value is -5.38. The zero-order valence-electron chi connectivity index (χ0n) is 42.9. The number of fused-ring (bicyclic) bond motifs is 1. The van der Waals surface area contributed by atoms with Crippen LogP contribution in [0.15, 0.2) is 78.2 Å². The van der Waals surface area contributed by atoms with Crippen molar-refractivity contribution in [3.8, 4) is 0 Å². The normalized spacial score (nSPS) is 31.7. The van der Waals surface area contributed by atoms with Crippen molar-refractivity contribution >= 4 is 56.1 Å². The Morgan fingerprint density at radius 1 is 0.460 bits per heavy atom. The number of aromatic nitrogens is 10. The van der Waals surface area contributed by atoms with Crippen molar-refractivity contribution < 1.29 is 133 Å². The van der Waals surface area contributed by atoms with Crippen LogP contribution in [0.25, 0.3) is 11.2 Å². The number of imidazole rings is 1. The lowest BCUT2D eigenvalue weighted by molar-refractivity contribution is -0.0650. The standard InChI is InChI=1S/C37H48N11O34P5/c38-29-20-30(40-11-39-29)48(12-41-20)34-24(55)28(16(78-34)10-74-86(67,68)80-26-13(7-71-83(59,60)61)75-32(22(26)53)46-5-2-18(50)43-36(46)57)82-87(69,70)73-9-15-27(23(54)33(77-15)47-6-3-19(51)44-37(47)58)81-85(65,66)72-8-14-25(79-84(62,63)64)21(52)31(76-14)45-4-1-17(49)42-35(45)56/h1-6,11-16,21-28,31-34,52-55H,7-10H2,(H,65,66)(H,67,68)(H,69,70)(H2,38,39,40)(H,42,49,56)(H,43,50,57)(H,44,51,58)(H2,59,60,61)(H2,62,63,64)/t13-,14-,15-,16-,21-,22-,23-,24-,25-,26-,27-,28-,31-,32-,33-,34-/m1/s1. The molecule has 0 aromatic carbocycles. The molecule has 3 unspecified atom stereocenters. The van der Waals surface area contributed by atoms with Gasteiger partial charge in [-0.1, -0.05) is 0 Å². The van der Waals surface area contributed by atoms with Crippen molar-refractivity contribution in [2.24, 2.45) is 0 Å². The van der Waals surface area contributed by atoms with E-state index in [-0.39, 0.29) is 17.0 Å². The zero-order valence-corrected chi connectivity index (χ0v) is 47.4. The van der Waals surface area contributed by atoms with Crippen molar-refractivity contribution in [3.63, 3.8) is 0 Å². The summed E-state index contributed by atoms with van der Waals surface area (Å²) in [6.07, 6.45) is -29.4. The molecule has 5 aromatic heterocycles. The first kappa shape index (κ1) is 66.0. The highest BCUT2D eigenvalue weighted by Crippen LogP contribution is 2.54. The topological polar surface area (TPSA) is 653 Å². The summed E-state index contributed by atoms with van der Waals surface area (Å²) in [6, 6.07) is 2.36. The Labute approximate surface area is 478 Å². The van der Waals surface area contributed by atoms with Crippen molar-refractivity contribution in [2.45, 2.75) is 98.2 Å². The van der Waals surface area contributed by atoms with E-state index in [1.807, 2.05) is 15.0 Å².